The fourth-order valence-corrected chi connectivity index (χ4v) is 7.72. The summed E-state index contributed by atoms with van der Waals surface area (Å²) in [5.74, 6) is 0.421. The van der Waals surface area contributed by atoms with Crippen LogP contribution in [0.1, 0.15) is 89.0 Å². The van der Waals surface area contributed by atoms with E-state index in [-0.39, 0.29) is 17.9 Å². The molecule has 1 unspecified atom stereocenters. The zero-order valence-electron chi connectivity index (χ0n) is 26.0. The number of nitrogens with one attached hydrogen (secondary N) is 2. The maximum absolute atomic E-state index is 14.5. The predicted molar refractivity (Wildman–Crippen MR) is 173 cm³/mol. The van der Waals surface area contributed by atoms with E-state index in [9.17, 15) is 14.3 Å². The number of benzene rings is 2. The highest BCUT2D eigenvalue weighted by Gasteiger charge is 2.57. The summed E-state index contributed by atoms with van der Waals surface area (Å²) in [6.45, 7) is 3.22. The van der Waals surface area contributed by atoms with Crippen LogP contribution < -0.4 is 15.5 Å². The first kappa shape index (κ1) is 31.9. The summed E-state index contributed by atoms with van der Waals surface area (Å²) < 4.78 is 14.0. The summed E-state index contributed by atoms with van der Waals surface area (Å²) in [5.41, 5.74) is 1.65. The van der Waals surface area contributed by atoms with Crippen LogP contribution in [0.5, 0.6) is 0 Å². The average Bonchev–Trinajstić information content (AvgIpc) is 3.21. The van der Waals surface area contributed by atoms with Gasteiger partial charge in [0.25, 0.3) is 0 Å². The van der Waals surface area contributed by atoms with Crippen LogP contribution in [-0.4, -0.2) is 66.4 Å². The topological polar surface area (TPSA) is 67.8 Å². The van der Waals surface area contributed by atoms with Gasteiger partial charge in [-0.3, -0.25) is 4.79 Å². The fraction of sp³-hybridized carbons (Fsp3) is 0.639. The van der Waals surface area contributed by atoms with Crippen LogP contribution in [0, 0.1) is 11.7 Å². The number of rotatable bonds is 13. The molecular formula is C36H53FN4O2. The van der Waals surface area contributed by atoms with E-state index >= 15 is 0 Å². The van der Waals surface area contributed by atoms with Gasteiger partial charge in [-0.2, -0.15) is 0 Å². The predicted octanol–water partition coefficient (Wildman–Crippen LogP) is 6.04. The van der Waals surface area contributed by atoms with E-state index in [1.165, 1.54) is 62.6 Å². The highest BCUT2D eigenvalue weighted by Crippen LogP contribution is 2.44. The summed E-state index contributed by atoms with van der Waals surface area (Å²) in [4.78, 5) is 18.8. The second kappa shape index (κ2) is 16.0. The van der Waals surface area contributed by atoms with Gasteiger partial charge in [0.1, 0.15) is 17.5 Å². The highest BCUT2D eigenvalue weighted by molar-refractivity contribution is 5.94. The Hall–Kier alpha value is -2.48. The molecule has 3 N–H and O–H groups in total. The quantitative estimate of drug-likeness (QED) is 0.248. The van der Waals surface area contributed by atoms with Crippen LogP contribution in [0.25, 0.3) is 0 Å². The van der Waals surface area contributed by atoms with Gasteiger partial charge in [-0.25, -0.2) is 4.39 Å². The normalized spacial score (nSPS) is 22.1. The Morgan fingerprint density at radius 1 is 0.930 bits per heavy atom. The van der Waals surface area contributed by atoms with Crippen molar-refractivity contribution in [2.45, 2.75) is 108 Å². The van der Waals surface area contributed by atoms with Crippen molar-refractivity contribution in [3.63, 3.8) is 0 Å². The third kappa shape index (κ3) is 8.37. The fourth-order valence-electron chi connectivity index (χ4n) is 7.72. The van der Waals surface area contributed by atoms with Gasteiger partial charge in [0.15, 0.2) is 0 Å². The molecule has 2 heterocycles. The first-order chi connectivity index (χ1) is 21.1. The molecule has 7 heteroatoms. The largest absolute Gasteiger partial charge is 0.390 e. The lowest BCUT2D eigenvalue weighted by Crippen LogP contribution is -2.56. The lowest BCUT2D eigenvalue weighted by atomic mass is 9.85. The molecule has 2 saturated heterocycles. The molecule has 43 heavy (non-hydrogen) atoms. The molecule has 3 aliphatic rings. The van der Waals surface area contributed by atoms with Gasteiger partial charge in [-0.05, 0) is 93.9 Å². The van der Waals surface area contributed by atoms with E-state index in [0.717, 1.165) is 70.3 Å². The first-order valence-corrected chi connectivity index (χ1v) is 17.1. The number of piperidine rings is 1. The van der Waals surface area contributed by atoms with Gasteiger partial charge < -0.3 is 25.5 Å². The number of halogens is 1. The minimum absolute atomic E-state index is 0.131. The third-order valence-corrected chi connectivity index (χ3v) is 10.0. The van der Waals surface area contributed by atoms with Crippen molar-refractivity contribution >= 4 is 11.6 Å². The van der Waals surface area contributed by atoms with E-state index in [1.807, 2.05) is 17.0 Å². The number of carbonyl (C=O) groups excluding carboxylic acids is 1. The number of aryl methyl sites for hydroxylation is 1. The van der Waals surface area contributed by atoms with Gasteiger partial charge in [-0.15, -0.1) is 0 Å². The number of nitrogens with zero attached hydrogens (tertiary/aromatic N) is 2. The lowest BCUT2D eigenvalue weighted by Gasteiger charge is -2.43. The molecule has 5 rings (SSSR count). The first-order valence-electron chi connectivity index (χ1n) is 17.1. The molecule has 0 radical (unpaired) electrons. The van der Waals surface area contributed by atoms with Crippen molar-refractivity contribution in [3.8, 4) is 0 Å². The average molecular weight is 593 g/mol. The summed E-state index contributed by atoms with van der Waals surface area (Å²) in [7, 11) is 0. The Kier molecular flexibility index (Phi) is 11.9. The maximum Gasteiger partial charge on any atom is 0.250 e. The Balaban J connectivity index is 1.25. The zero-order valence-corrected chi connectivity index (χ0v) is 26.0. The second-order valence-corrected chi connectivity index (χ2v) is 13.2. The van der Waals surface area contributed by atoms with Gasteiger partial charge in [0.05, 0.1) is 6.10 Å². The number of aliphatic hydroxyl groups is 1. The van der Waals surface area contributed by atoms with Gasteiger partial charge in [-0.1, -0.05) is 81.7 Å². The van der Waals surface area contributed by atoms with Crippen molar-refractivity contribution in [1.82, 2.24) is 15.5 Å². The molecule has 2 aliphatic heterocycles. The van der Waals surface area contributed by atoms with Crippen molar-refractivity contribution in [1.29, 1.82) is 0 Å². The van der Waals surface area contributed by atoms with E-state index in [4.69, 9.17) is 0 Å². The molecule has 1 amide bonds. The molecule has 236 valence electrons. The van der Waals surface area contributed by atoms with Crippen LogP contribution >= 0.6 is 0 Å². The molecule has 6 nitrogen and oxygen atoms in total. The summed E-state index contributed by atoms with van der Waals surface area (Å²) in [6.07, 6.45) is 14.8. The number of aliphatic hydroxyl groups excluding tert-OH is 1. The van der Waals surface area contributed by atoms with Gasteiger partial charge in [0, 0.05) is 18.8 Å². The number of carbonyl (C=O) groups is 1. The minimum atomic E-state index is -0.652. The van der Waals surface area contributed by atoms with E-state index in [0.29, 0.717) is 19.0 Å². The van der Waals surface area contributed by atoms with Crippen LogP contribution in [-0.2, 0) is 11.2 Å². The SMILES string of the molecule is O=C1N(C[C@@H](O)CNCCCCCc2ccccc2)C(CC2CCCCCCC2)N(c2ccc(F)cc2)C12CCNCC2. The van der Waals surface area contributed by atoms with E-state index in [2.05, 4.69) is 45.9 Å². The number of β-amino-alcohol motifs (C(OH)–C–C–N with tert-alkyl or cyclic N) is 1. The Bertz CT molecular complexity index is 1100. The second-order valence-electron chi connectivity index (χ2n) is 13.2. The van der Waals surface area contributed by atoms with Gasteiger partial charge >= 0.3 is 0 Å². The number of hydrogen-bond acceptors (Lipinski definition) is 5. The Morgan fingerprint density at radius 2 is 1.63 bits per heavy atom. The number of unbranched alkanes of at least 4 members (excludes halogenated alkanes) is 2. The number of anilines is 1. The molecule has 1 aliphatic carbocycles. The Morgan fingerprint density at radius 3 is 2.35 bits per heavy atom. The van der Waals surface area contributed by atoms with Crippen molar-refractivity contribution < 1.29 is 14.3 Å². The summed E-state index contributed by atoms with van der Waals surface area (Å²) >= 11 is 0. The molecule has 1 spiro atoms. The summed E-state index contributed by atoms with van der Waals surface area (Å²) in [5, 5.41) is 18.1. The molecule has 1 saturated carbocycles. The molecule has 2 aromatic carbocycles. The maximum atomic E-state index is 14.5. The Labute approximate surface area is 258 Å². The summed E-state index contributed by atoms with van der Waals surface area (Å²) in [6, 6.07) is 17.3. The number of hydrogen-bond donors (Lipinski definition) is 3. The van der Waals surface area contributed by atoms with Crippen LogP contribution in [0.4, 0.5) is 10.1 Å². The van der Waals surface area contributed by atoms with Crippen LogP contribution in [0.15, 0.2) is 54.6 Å². The molecule has 2 atom stereocenters. The molecular weight excluding hydrogens is 539 g/mol. The highest BCUT2D eigenvalue weighted by atomic mass is 19.1. The standard InChI is InChI=1S/C36H53FN4O2/c37-31-17-19-32(20-18-31)41-34(26-30-15-6-2-1-3-7-16-30)40(35(43)36(41)21-24-38-25-22-36)28-33(42)27-39-23-11-5-10-14-29-12-8-4-9-13-29/h4,8-9,12-13,17-20,30,33-34,38-39,42H,1-3,5-7,10-11,14-16,21-28H2/t33-,34?/m0/s1. The van der Waals surface area contributed by atoms with Crippen molar-refractivity contribution in [2.75, 3.05) is 37.6 Å². The molecule has 0 aromatic heterocycles. The van der Waals surface area contributed by atoms with Crippen molar-refractivity contribution in [2.24, 2.45) is 5.92 Å². The van der Waals surface area contributed by atoms with Crippen LogP contribution in [0.3, 0.4) is 0 Å². The lowest BCUT2D eigenvalue weighted by molar-refractivity contribution is -0.135. The molecule has 3 fully saturated rings. The minimum Gasteiger partial charge on any atom is -0.390 e. The zero-order chi connectivity index (χ0) is 29.9. The molecule has 0 bridgehead atoms. The van der Waals surface area contributed by atoms with E-state index in [1.54, 1.807) is 0 Å². The van der Waals surface area contributed by atoms with Gasteiger partial charge in [0.2, 0.25) is 5.91 Å². The molecule has 2 aromatic rings. The van der Waals surface area contributed by atoms with Crippen LogP contribution in [0.2, 0.25) is 0 Å². The van der Waals surface area contributed by atoms with Crippen molar-refractivity contribution in [3.05, 3.63) is 66.0 Å². The smallest absolute Gasteiger partial charge is 0.250 e. The number of amides is 1. The third-order valence-electron chi connectivity index (χ3n) is 10.0. The van der Waals surface area contributed by atoms with E-state index < -0.39 is 11.6 Å². The monoisotopic (exact) mass is 592 g/mol.